The minimum absolute atomic E-state index is 0.228. The summed E-state index contributed by atoms with van der Waals surface area (Å²) in [5.41, 5.74) is 2.48. The molecule has 0 saturated heterocycles. The lowest BCUT2D eigenvalue weighted by Gasteiger charge is -2.22. The molecule has 11 nitrogen and oxygen atoms in total. The summed E-state index contributed by atoms with van der Waals surface area (Å²) in [6.45, 7) is 6.86. The Labute approximate surface area is 241 Å². The maximum atomic E-state index is 9.52. The van der Waals surface area contributed by atoms with Crippen molar-refractivity contribution in [2.45, 2.75) is 77.0 Å². The van der Waals surface area contributed by atoms with Gasteiger partial charge in [0.25, 0.3) is 5.88 Å². The molecule has 2 heterocycles. The normalized spacial score (nSPS) is 14.6. The van der Waals surface area contributed by atoms with Crippen molar-refractivity contribution in [3.8, 4) is 28.8 Å². The third-order valence-corrected chi connectivity index (χ3v) is 7.31. The third kappa shape index (κ3) is 8.17. The van der Waals surface area contributed by atoms with Gasteiger partial charge in [0.05, 0.1) is 42.9 Å². The molecule has 1 atom stereocenters. The van der Waals surface area contributed by atoms with Gasteiger partial charge in [0.2, 0.25) is 5.95 Å². The first-order valence-corrected chi connectivity index (χ1v) is 14.1. The van der Waals surface area contributed by atoms with Gasteiger partial charge >= 0.3 is 0 Å². The van der Waals surface area contributed by atoms with Crippen molar-refractivity contribution in [1.29, 1.82) is 10.7 Å². The zero-order valence-corrected chi connectivity index (χ0v) is 24.3. The summed E-state index contributed by atoms with van der Waals surface area (Å²) in [4.78, 5) is 9.09. The van der Waals surface area contributed by atoms with Gasteiger partial charge in [0.1, 0.15) is 23.6 Å². The number of benzene rings is 1. The van der Waals surface area contributed by atoms with E-state index in [1.165, 1.54) is 19.3 Å². The molecule has 1 aliphatic rings. The SMILES string of the molecule is COC(C)(C)CCOc1nn(C2CCCCC2)cc1Nc1ncc(-c2ccc(C#N)c(O[C@@H](C)CNC=N)c2)cn1. The van der Waals surface area contributed by atoms with Crippen LogP contribution in [0.1, 0.15) is 70.9 Å². The van der Waals surface area contributed by atoms with Gasteiger partial charge in [-0.1, -0.05) is 25.3 Å². The maximum absolute atomic E-state index is 9.52. The predicted molar refractivity (Wildman–Crippen MR) is 158 cm³/mol. The average molecular weight is 561 g/mol. The van der Waals surface area contributed by atoms with Gasteiger partial charge in [-0.15, -0.1) is 5.10 Å². The summed E-state index contributed by atoms with van der Waals surface area (Å²) < 4.78 is 19.6. The number of anilines is 2. The highest BCUT2D eigenvalue weighted by Crippen LogP contribution is 2.33. The van der Waals surface area contributed by atoms with E-state index in [1.807, 2.05) is 43.8 Å². The van der Waals surface area contributed by atoms with Crippen LogP contribution >= 0.6 is 0 Å². The Bertz CT molecular complexity index is 1330. The van der Waals surface area contributed by atoms with Crippen LogP contribution in [-0.4, -0.2) is 58.1 Å². The molecular weight excluding hydrogens is 520 g/mol. The van der Waals surface area contributed by atoms with Crippen LogP contribution in [0.25, 0.3) is 11.1 Å². The highest BCUT2D eigenvalue weighted by Gasteiger charge is 2.22. The second-order valence-electron chi connectivity index (χ2n) is 10.9. The molecule has 1 fully saturated rings. The molecule has 0 radical (unpaired) electrons. The molecule has 0 unspecified atom stereocenters. The quantitative estimate of drug-likeness (QED) is 0.169. The van der Waals surface area contributed by atoms with Crippen molar-refractivity contribution in [1.82, 2.24) is 25.1 Å². The van der Waals surface area contributed by atoms with Gasteiger partial charge in [-0.25, -0.2) is 9.97 Å². The zero-order chi connectivity index (χ0) is 29.2. The lowest BCUT2D eigenvalue weighted by atomic mass is 9.96. The van der Waals surface area contributed by atoms with Crippen molar-refractivity contribution in [2.75, 3.05) is 25.6 Å². The maximum Gasteiger partial charge on any atom is 0.256 e. The van der Waals surface area contributed by atoms with Crippen molar-refractivity contribution >= 4 is 18.0 Å². The summed E-state index contributed by atoms with van der Waals surface area (Å²) in [5, 5.41) is 27.5. The standard InChI is InChI=1S/C30H40N8O3/c1-21(16-33-20-32)41-27-14-22(10-11-23(27)15-31)24-17-34-29(35-18-24)36-26-19-38(25-8-6-5-7-9-25)37-28(26)40-13-12-30(2,3)39-4/h10-11,14,17-21,25H,5-9,12-13,16H2,1-4H3,(H2,32,33)(H,34,35,36)/t21-/m0/s1. The van der Waals surface area contributed by atoms with Crippen LogP contribution in [0, 0.1) is 16.7 Å². The summed E-state index contributed by atoms with van der Waals surface area (Å²) >= 11 is 0. The number of rotatable bonds is 14. The number of nitrogens with one attached hydrogen (secondary N) is 3. The first-order valence-electron chi connectivity index (χ1n) is 14.1. The van der Waals surface area contributed by atoms with Crippen molar-refractivity contribution < 1.29 is 14.2 Å². The summed E-state index contributed by atoms with van der Waals surface area (Å²) in [7, 11) is 1.70. The van der Waals surface area contributed by atoms with Crippen LogP contribution in [0.4, 0.5) is 11.6 Å². The van der Waals surface area contributed by atoms with Crippen LogP contribution < -0.4 is 20.1 Å². The molecule has 0 amide bonds. The van der Waals surface area contributed by atoms with E-state index in [2.05, 4.69) is 26.7 Å². The fourth-order valence-corrected chi connectivity index (χ4v) is 4.63. The average Bonchev–Trinajstić information content (AvgIpc) is 3.39. The number of nitrogens with zero attached hydrogens (tertiary/aromatic N) is 5. The van der Waals surface area contributed by atoms with E-state index in [1.54, 1.807) is 25.6 Å². The Morgan fingerprint density at radius 1 is 1.20 bits per heavy atom. The number of hydrogen-bond donors (Lipinski definition) is 3. The highest BCUT2D eigenvalue weighted by atomic mass is 16.5. The highest BCUT2D eigenvalue weighted by molar-refractivity contribution is 5.67. The second-order valence-corrected chi connectivity index (χ2v) is 10.9. The van der Waals surface area contributed by atoms with Crippen LogP contribution in [0.2, 0.25) is 0 Å². The van der Waals surface area contributed by atoms with Crippen LogP contribution in [0.5, 0.6) is 11.6 Å². The van der Waals surface area contributed by atoms with Crippen LogP contribution in [0.3, 0.4) is 0 Å². The van der Waals surface area contributed by atoms with Gasteiger partial charge < -0.3 is 24.8 Å². The molecule has 218 valence electrons. The molecule has 1 aliphatic carbocycles. The summed E-state index contributed by atoms with van der Waals surface area (Å²) in [5.74, 6) is 1.42. The van der Waals surface area contributed by atoms with Crippen molar-refractivity contribution in [3.05, 3.63) is 42.4 Å². The van der Waals surface area contributed by atoms with E-state index < -0.39 is 0 Å². The molecule has 41 heavy (non-hydrogen) atoms. The monoisotopic (exact) mass is 560 g/mol. The fraction of sp³-hybridized carbons (Fsp3) is 0.500. The number of aromatic nitrogens is 4. The van der Waals surface area contributed by atoms with Crippen LogP contribution in [-0.2, 0) is 4.74 Å². The first-order chi connectivity index (χ1) is 19.8. The number of ether oxygens (including phenoxy) is 3. The number of nitriles is 1. The number of hydrogen-bond acceptors (Lipinski definition) is 9. The molecule has 2 aromatic heterocycles. The Kier molecular flexibility index (Phi) is 10.1. The zero-order valence-electron chi connectivity index (χ0n) is 24.3. The lowest BCUT2D eigenvalue weighted by molar-refractivity contribution is 0.00506. The molecule has 11 heteroatoms. The molecule has 0 bridgehead atoms. The Morgan fingerprint density at radius 3 is 2.63 bits per heavy atom. The van der Waals surface area contributed by atoms with E-state index in [-0.39, 0.29) is 11.7 Å². The minimum Gasteiger partial charge on any atom is -0.487 e. The first kappa shape index (κ1) is 29.8. The molecule has 3 N–H and O–H groups in total. The summed E-state index contributed by atoms with van der Waals surface area (Å²) in [6.07, 6.45) is 13.0. The number of methoxy groups -OCH3 is 1. The van der Waals surface area contributed by atoms with Gasteiger partial charge in [0, 0.05) is 31.5 Å². The second kappa shape index (κ2) is 13.9. The Balaban J connectivity index is 1.50. The van der Waals surface area contributed by atoms with Gasteiger partial charge in [-0.3, -0.25) is 10.1 Å². The Morgan fingerprint density at radius 2 is 1.95 bits per heavy atom. The summed E-state index contributed by atoms with van der Waals surface area (Å²) in [6, 6.07) is 7.91. The van der Waals surface area contributed by atoms with E-state index in [0.29, 0.717) is 42.3 Å². The molecule has 0 aliphatic heterocycles. The van der Waals surface area contributed by atoms with Gasteiger partial charge in [0.15, 0.2) is 0 Å². The molecule has 3 aromatic rings. The van der Waals surface area contributed by atoms with Crippen molar-refractivity contribution in [3.63, 3.8) is 0 Å². The minimum atomic E-state index is -0.287. The molecule has 0 spiro atoms. The van der Waals surface area contributed by atoms with E-state index in [9.17, 15) is 5.26 Å². The smallest absolute Gasteiger partial charge is 0.256 e. The largest absolute Gasteiger partial charge is 0.487 e. The van der Waals surface area contributed by atoms with E-state index in [4.69, 9.17) is 24.7 Å². The van der Waals surface area contributed by atoms with Gasteiger partial charge in [-0.2, -0.15) is 5.26 Å². The predicted octanol–water partition coefficient (Wildman–Crippen LogP) is 5.62. The van der Waals surface area contributed by atoms with Crippen molar-refractivity contribution in [2.24, 2.45) is 0 Å². The topological polar surface area (TPSA) is 143 Å². The lowest BCUT2D eigenvalue weighted by Crippen LogP contribution is -2.27. The molecule has 1 saturated carbocycles. The molecule has 1 aromatic carbocycles. The Hall–Kier alpha value is -4.17. The molecule has 4 rings (SSSR count). The fourth-order valence-electron chi connectivity index (χ4n) is 4.63. The van der Waals surface area contributed by atoms with Crippen LogP contribution in [0.15, 0.2) is 36.8 Å². The van der Waals surface area contributed by atoms with E-state index >= 15 is 0 Å². The van der Waals surface area contributed by atoms with Gasteiger partial charge in [-0.05, 0) is 51.3 Å². The molecular formula is C30H40N8O3. The van der Waals surface area contributed by atoms with E-state index in [0.717, 1.165) is 42.4 Å². The third-order valence-electron chi connectivity index (χ3n) is 7.31.